The topological polar surface area (TPSA) is 39.4 Å². The second-order valence-corrected chi connectivity index (χ2v) is 12.3. The van der Waals surface area contributed by atoms with Crippen molar-refractivity contribution in [2.45, 2.75) is 0 Å². The van der Waals surface area contributed by atoms with E-state index in [1.807, 2.05) is 36.4 Å². The third-order valence-corrected chi connectivity index (χ3v) is 9.87. The molecule has 3 heterocycles. The zero-order valence-electron chi connectivity index (χ0n) is 25.1. The van der Waals surface area contributed by atoms with E-state index in [1.54, 1.807) is 0 Å². The molecule has 8 aromatic carbocycles. The lowest BCUT2D eigenvalue weighted by Crippen LogP contribution is -1.91. The smallest absolute Gasteiger partial charge is 0.143 e. The minimum Gasteiger partial charge on any atom is -0.456 e. The number of hydrogen-bond donors (Lipinski definition) is 0. The molecular weight excluding hydrogens is 576 g/mol. The van der Waals surface area contributed by atoms with Crippen LogP contribution in [0.2, 0.25) is 0 Å². The Hall–Kier alpha value is -6.32. The largest absolute Gasteiger partial charge is 0.456 e. The summed E-state index contributed by atoms with van der Waals surface area (Å²) in [6.07, 6.45) is 0. The highest BCUT2D eigenvalue weighted by molar-refractivity contribution is 6.29. The Balaban J connectivity index is 1.25. The zero-order valence-corrected chi connectivity index (χ0v) is 25.1. The first-order chi connectivity index (χ1) is 23.3. The molecule has 11 aromatic rings. The molecule has 3 nitrogen and oxygen atoms in total. The normalized spacial score (nSPS) is 12.3. The summed E-state index contributed by atoms with van der Waals surface area (Å²) in [6, 6.07) is 51.2. The van der Waals surface area contributed by atoms with Crippen LogP contribution in [0.5, 0.6) is 0 Å². The van der Waals surface area contributed by atoms with Crippen molar-refractivity contribution in [2.24, 2.45) is 0 Å². The molecule has 0 radical (unpaired) electrons. The van der Waals surface area contributed by atoms with Crippen molar-refractivity contribution < 1.29 is 13.3 Å². The van der Waals surface area contributed by atoms with Gasteiger partial charge in [-0.15, -0.1) is 0 Å². The Morgan fingerprint density at radius 3 is 1.51 bits per heavy atom. The second-order valence-electron chi connectivity index (χ2n) is 12.3. The maximum Gasteiger partial charge on any atom is 0.143 e. The van der Waals surface area contributed by atoms with Gasteiger partial charge in [0.25, 0.3) is 0 Å². The minimum atomic E-state index is 0.859. The Morgan fingerprint density at radius 1 is 0.298 bits per heavy atom. The zero-order chi connectivity index (χ0) is 30.6. The van der Waals surface area contributed by atoms with E-state index < -0.39 is 0 Å². The lowest BCUT2D eigenvalue weighted by Gasteiger charge is -2.18. The molecule has 0 spiro atoms. The summed E-state index contributed by atoms with van der Waals surface area (Å²) in [6.45, 7) is 0. The summed E-state index contributed by atoms with van der Waals surface area (Å²) in [4.78, 5) is 0. The standard InChI is InChI=1S/C44H24O3/c1-3-13-29-27(11-1)40(25-20-21-37-34(24-25)26-10-5-7-18-35(26)45-37)28-12-2-4-14-30(28)41(29)32-16-9-17-33-43-39(47-44(32)33)23-22-38-42(43)31-15-6-8-19-36(31)46-38/h1-24H. The van der Waals surface area contributed by atoms with E-state index in [-0.39, 0.29) is 0 Å². The van der Waals surface area contributed by atoms with Gasteiger partial charge in [-0.3, -0.25) is 0 Å². The predicted molar refractivity (Wildman–Crippen MR) is 194 cm³/mol. The SMILES string of the molecule is c1ccc2c(c1)oc1ccc(-c3c4ccccc4c(-c4cccc5c4oc4ccc6oc7ccccc7c6c45)c4ccccc34)cc12. The Labute approximate surface area is 267 Å². The first-order valence-electron chi connectivity index (χ1n) is 15.9. The molecule has 218 valence electrons. The van der Waals surface area contributed by atoms with Gasteiger partial charge >= 0.3 is 0 Å². The van der Waals surface area contributed by atoms with Gasteiger partial charge in [-0.05, 0) is 69.1 Å². The summed E-state index contributed by atoms with van der Waals surface area (Å²) in [5, 5.41) is 11.4. The van der Waals surface area contributed by atoms with Crippen LogP contribution in [0.3, 0.4) is 0 Å². The highest BCUT2D eigenvalue weighted by Crippen LogP contribution is 2.48. The third kappa shape index (κ3) is 3.35. The van der Waals surface area contributed by atoms with Gasteiger partial charge < -0.3 is 13.3 Å². The molecule has 11 rings (SSSR count). The van der Waals surface area contributed by atoms with E-state index in [9.17, 15) is 0 Å². The first-order valence-corrected chi connectivity index (χ1v) is 15.9. The Bertz CT molecular complexity index is 3020. The molecule has 0 saturated heterocycles. The summed E-state index contributed by atoms with van der Waals surface area (Å²) in [7, 11) is 0. The van der Waals surface area contributed by atoms with Crippen LogP contribution < -0.4 is 0 Å². The number of benzene rings is 8. The molecule has 0 bridgehead atoms. The molecule has 0 amide bonds. The van der Waals surface area contributed by atoms with E-state index in [0.29, 0.717) is 0 Å². The summed E-state index contributed by atoms with van der Waals surface area (Å²) in [5.74, 6) is 0. The van der Waals surface area contributed by atoms with Gasteiger partial charge in [0.2, 0.25) is 0 Å². The van der Waals surface area contributed by atoms with Crippen LogP contribution in [0, 0.1) is 0 Å². The van der Waals surface area contributed by atoms with E-state index in [2.05, 4.69) is 109 Å². The second kappa shape index (κ2) is 9.12. The third-order valence-electron chi connectivity index (χ3n) is 9.87. The number of hydrogen-bond acceptors (Lipinski definition) is 3. The molecule has 0 aliphatic carbocycles. The van der Waals surface area contributed by atoms with Gasteiger partial charge in [0.1, 0.15) is 33.5 Å². The van der Waals surface area contributed by atoms with Crippen molar-refractivity contribution in [1.29, 1.82) is 0 Å². The Kier molecular flexibility index (Phi) is 4.84. The van der Waals surface area contributed by atoms with E-state index in [0.717, 1.165) is 71.4 Å². The van der Waals surface area contributed by atoms with Gasteiger partial charge in [-0.2, -0.15) is 0 Å². The van der Waals surface area contributed by atoms with Gasteiger partial charge in [0, 0.05) is 43.4 Å². The molecule has 3 heteroatoms. The molecule has 0 atom stereocenters. The van der Waals surface area contributed by atoms with Crippen LogP contribution in [0.1, 0.15) is 0 Å². The summed E-state index contributed by atoms with van der Waals surface area (Å²) < 4.78 is 19.3. The first kappa shape index (κ1) is 24.9. The molecule has 3 aromatic heterocycles. The monoisotopic (exact) mass is 600 g/mol. The van der Waals surface area contributed by atoms with Crippen LogP contribution in [0.15, 0.2) is 159 Å². The predicted octanol–water partition coefficient (Wildman–Crippen LogP) is 13.0. The number of fused-ring (bicyclic) bond motifs is 12. The van der Waals surface area contributed by atoms with Crippen molar-refractivity contribution in [2.75, 3.05) is 0 Å². The van der Waals surface area contributed by atoms with Crippen LogP contribution in [0.4, 0.5) is 0 Å². The molecular formula is C44H24O3. The van der Waals surface area contributed by atoms with Gasteiger partial charge in [-0.1, -0.05) is 109 Å². The average molecular weight is 601 g/mol. The van der Waals surface area contributed by atoms with Crippen molar-refractivity contribution in [3.63, 3.8) is 0 Å². The fourth-order valence-corrected chi connectivity index (χ4v) is 7.91. The highest BCUT2D eigenvalue weighted by atomic mass is 16.3. The van der Waals surface area contributed by atoms with Gasteiger partial charge in [0.05, 0.1) is 0 Å². The fourth-order valence-electron chi connectivity index (χ4n) is 7.91. The lowest BCUT2D eigenvalue weighted by atomic mass is 9.85. The van der Waals surface area contributed by atoms with Gasteiger partial charge in [0.15, 0.2) is 0 Å². The molecule has 0 aliphatic rings. The molecule has 47 heavy (non-hydrogen) atoms. The van der Waals surface area contributed by atoms with Crippen molar-refractivity contribution in [1.82, 2.24) is 0 Å². The summed E-state index contributed by atoms with van der Waals surface area (Å²) in [5.41, 5.74) is 9.94. The minimum absolute atomic E-state index is 0.859. The maximum absolute atomic E-state index is 6.81. The number of furan rings is 3. The highest BCUT2D eigenvalue weighted by Gasteiger charge is 2.22. The van der Waals surface area contributed by atoms with Crippen LogP contribution in [0.25, 0.3) is 110 Å². The van der Waals surface area contributed by atoms with Crippen LogP contribution >= 0.6 is 0 Å². The Morgan fingerprint density at radius 2 is 0.787 bits per heavy atom. The van der Waals surface area contributed by atoms with E-state index >= 15 is 0 Å². The van der Waals surface area contributed by atoms with Crippen LogP contribution in [-0.2, 0) is 0 Å². The molecule has 0 N–H and O–H groups in total. The summed E-state index contributed by atoms with van der Waals surface area (Å²) >= 11 is 0. The molecule has 0 unspecified atom stereocenters. The molecule has 0 aliphatic heterocycles. The fraction of sp³-hybridized carbons (Fsp3) is 0. The number of rotatable bonds is 2. The van der Waals surface area contributed by atoms with Crippen LogP contribution in [-0.4, -0.2) is 0 Å². The van der Waals surface area contributed by atoms with E-state index in [4.69, 9.17) is 13.3 Å². The van der Waals surface area contributed by atoms with Gasteiger partial charge in [-0.25, -0.2) is 0 Å². The maximum atomic E-state index is 6.81. The van der Waals surface area contributed by atoms with Crippen molar-refractivity contribution in [3.05, 3.63) is 146 Å². The molecule has 0 fully saturated rings. The average Bonchev–Trinajstić information content (AvgIpc) is 3.81. The van der Waals surface area contributed by atoms with Crippen molar-refractivity contribution in [3.8, 4) is 22.3 Å². The van der Waals surface area contributed by atoms with Crippen molar-refractivity contribution >= 4 is 87.4 Å². The number of para-hydroxylation sites is 3. The molecule has 0 saturated carbocycles. The quantitative estimate of drug-likeness (QED) is 0.185. The lowest BCUT2D eigenvalue weighted by molar-refractivity contribution is 0.663. The van der Waals surface area contributed by atoms with E-state index in [1.165, 1.54) is 38.2 Å².